The lowest BCUT2D eigenvalue weighted by molar-refractivity contribution is -0.124. The second-order valence-corrected chi connectivity index (χ2v) is 10.0. The molecule has 0 radical (unpaired) electrons. The normalized spacial score (nSPS) is 15.8. The highest BCUT2D eigenvalue weighted by Crippen LogP contribution is 2.29. The van der Waals surface area contributed by atoms with Gasteiger partial charge in [-0.2, -0.15) is 0 Å². The Bertz CT molecular complexity index is 1210. The molecule has 2 atom stereocenters. The van der Waals surface area contributed by atoms with Gasteiger partial charge in [-0.3, -0.25) is 14.5 Å². The molecule has 1 aliphatic heterocycles. The molecule has 1 fully saturated rings. The lowest BCUT2D eigenvalue weighted by Gasteiger charge is -2.22. The van der Waals surface area contributed by atoms with Crippen molar-refractivity contribution in [2.24, 2.45) is 0 Å². The molecule has 0 aliphatic carbocycles. The number of anilines is 1. The molecule has 0 aromatic heterocycles. The Morgan fingerprint density at radius 2 is 1.85 bits per heavy atom. The maximum atomic E-state index is 15.0. The lowest BCUT2D eigenvalue weighted by atomic mass is 10.0. The Kier molecular flexibility index (Phi) is 9.47. The average Bonchev–Trinajstić information content (AvgIpc) is 3.24. The number of carbonyl (C=O) groups is 4. The van der Waals surface area contributed by atoms with Crippen LogP contribution in [-0.2, 0) is 25.6 Å². The van der Waals surface area contributed by atoms with E-state index in [2.05, 4.69) is 16.0 Å². The first-order chi connectivity index (χ1) is 18.4. The van der Waals surface area contributed by atoms with Gasteiger partial charge in [0.05, 0.1) is 25.4 Å². The number of hydrogen-bond acceptors (Lipinski definition) is 7. The van der Waals surface area contributed by atoms with Gasteiger partial charge >= 0.3 is 12.2 Å². The quantitative estimate of drug-likeness (QED) is 0.379. The maximum Gasteiger partial charge on any atom is 0.414 e. The van der Waals surface area contributed by atoms with Gasteiger partial charge in [-0.15, -0.1) is 0 Å². The van der Waals surface area contributed by atoms with E-state index < -0.39 is 48.3 Å². The topological polar surface area (TPSA) is 146 Å². The molecular weight excluding hydrogens is 511 g/mol. The zero-order valence-electron chi connectivity index (χ0n) is 22.2. The van der Waals surface area contributed by atoms with E-state index in [-0.39, 0.29) is 25.5 Å². The Hall–Kier alpha value is -4.19. The third kappa shape index (κ3) is 8.40. The zero-order chi connectivity index (χ0) is 28.7. The molecule has 0 spiro atoms. The van der Waals surface area contributed by atoms with Gasteiger partial charge in [0.15, 0.2) is 0 Å². The molecular formula is C27H33FN4O7. The van der Waals surface area contributed by atoms with Crippen molar-refractivity contribution in [3.05, 3.63) is 53.8 Å². The maximum absolute atomic E-state index is 15.0. The van der Waals surface area contributed by atoms with Crippen molar-refractivity contribution in [2.75, 3.05) is 24.6 Å². The lowest BCUT2D eigenvalue weighted by Crippen LogP contribution is -2.49. The van der Waals surface area contributed by atoms with Gasteiger partial charge in [-0.25, -0.2) is 14.0 Å². The number of cyclic esters (lactones) is 1. The molecule has 1 saturated heterocycles. The number of nitrogens with one attached hydrogen (secondary N) is 3. The number of hydrogen-bond donors (Lipinski definition) is 4. The van der Waals surface area contributed by atoms with Crippen LogP contribution in [0.1, 0.15) is 33.3 Å². The number of nitrogens with zero attached hydrogens (tertiary/aromatic N) is 1. The molecule has 210 valence electrons. The van der Waals surface area contributed by atoms with E-state index in [1.807, 2.05) is 0 Å². The summed E-state index contributed by atoms with van der Waals surface area (Å²) in [5.74, 6) is -1.36. The molecule has 12 heteroatoms. The van der Waals surface area contributed by atoms with Crippen molar-refractivity contribution in [2.45, 2.75) is 52.0 Å². The second-order valence-electron chi connectivity index (χ2n) is 10.0. The van der Waals surface area contributed by atoms with Crippen molar-refractivity contribution in [1.29, 1.82) is 0 Å². The summed E-state index contributed by atoms with van der Waals surface area (Å²) in [6, 6.07) is 10.0. The summed E-state index contributed by atoms with van der Waals surface area (Å²) in [4.78, 5) is 48.9. The van der Waals surface area contributed by atoms with E-state index in [9.17, 15) is 28.7 Å². The molecule has 4 amide bonds. The highest BCUT2D eigenvalue weighted by atomic mass is 19.1. The molecule has 0 saturated carbocycles. The molecule has 11 nitrogen and oxygen atoms in total. The van der Waals surface area contributed by atoms with Crippen LogP contribution in [0.25, 0.3) is 11.1 Å². The number of carbonyl (C=O) groups excluding carboxylic acids is 4. The fourth-order valence-corrected chi connectivity index (χ4v) is 3.76. The van der Waals surface area contributed by atoms with Crippen molar-refractivity contribution >= 4 is 29.7 Å². The minimum Gasteiger partial charge on any atom is -0.444 e. The first kappa shape index (κ1) is 29.4. The Morgan fingerprint density at radius 3 is 2.44 bits per heavy atom. The van der Waals surface area contributed by atoms with E-state index in [0.29, 0.717) is 22.4 Å². The minimum absolute atomic E-state index is 0.115. The number of halogens is 1. The SMILES string of the molecule is CC(=O)NC[C@H]1CN(c2ccc(-c3ccc(CNC(=O)[C@@H](CO)NC(=O)OC(C)(C)C)cc3)c(F)c2)C(=O)O1. The highest BCUT2D eigenvalue weighted by Gasteiger charge is 2.32. The van der Waals surface area contributed by atoms with Crippen LogP contribution in [-0.4, -0.2) is 66.6 Å². The van der Waals surface area contributed by atoms with E-state index in [4.69, 9.17) is 9.47 Å². The zero-order valence-corrected chi connectivity index (χ0v) is 22.2. The second kappa shape index (κ2) is 12.6. The number of rotatable bonds is 9. The molecule has 2 aromatic carbocycles. The summed E-state index contributed by atoms with van der Waals surface area (Å²) in [6.07, 6.45) is -1.97. The van der Waals surface area contributed by atoms with Crippen LogP contribution in [0.4, 0.5) is 19.7 Å². The van der Waals surface area contributed by atoms with Crippen LogP contribution in [0, 0.1) is 5.82 Å². The van der Waals surface area contributed by atoms with Crippen LogP contribution in [0.5, 0.6) is 0 Å². The molecule has 39 heavy (non-hydrogen) atoms. The van der Waals surface area contributed by atoms with Gasteiger partial charge in [0.1, 0.15) is 23.6 Å². The number of alkyl carbamates (subject to hydrolysis) is 1. The molecule has 4 N–H and O–H groups in total. The summed E-state index contributed by atoms with van der Waals surface area (Å²) >= 11 is 0. The largest absolute Gasteiger partial charge is 0.444 e. The predicted octanol–water partition coefficient (Wildman–Crippen LogP) is 2.46. The van der Waals surface area contributed by atoms with Gasteiger partial charge in [0.25, 0.3) is 0 Å². The van der Waals surface area contributed by atoms with E-state index in [1.54, 1.807) is 57.2 Å². The minimum atomic E-state index is -1.18. The van der Waals surface area contributed by atoms with Gasteiger partial charge in [0, 0.05) is 19.0 Å². The summed E-state index contributed by atoms with van der Waals surface area (Å²) in [5, 5.41) is 17.0. The van der Waals surface area contributed by atoms with Gasteiger partial charge < -0.3 is 30.5 Å². The van der Waals surface area contributed by atoms with Gasteiger partial charge in [-0.1, -0.05) is 24.3 Å². The molecule has 0 unspecified atom stereocenters. The van der Waals surface area contributed by atoms with E-state index in [1.165, 1.54) is 17.9 Å². The monoisotopic (exact) mass is 544 g/mol. The molecule has 2 aromatic rings. The van der Waals surface area contributed by atoms with Crippen LogP contribution < -0.4 is 20.9 Å². The van der Waals surface area contributed by atoms with E-state index >= 15 is 0 Å². The molecule has 1 aliphatic rings. The highest BCUT2D eigenvalue weighted by molar-refractivity contribution is 5.90. The van der Waals surface area contributed by atoms with Gasteiger partial charge in [-0.05, 0) is 50.1 Å². The molecule has 1 heterocycles. The van der Waals surface area contributed by atoms with Crippen molar-refractivity contribution < 1.29 is 38.1 Å². The number of aliphatic hydroxyl groups excluding tert-OH is 1. The molecule has 3 rings (SSSR count). The summed E-state index contributed by atoms with van der Waals surface area (Å²) in [5.41, 5.74) is 1.20. The van der Waals surface area contributed by atoms with Crippen LogP contribution >= 0.6 is 0 Å². The predicted molar refractivity (Wildman–Crippen MR) is 140 cm³/mol. The number of benzene rings is 2. The summed E-state index contributed by atoms with van der Waals surface area (Å²) in [7, 11) is 0. The number of ether oxygens (including phenoxy) is 2. The smallest absolute Gasteiger partial charge is 0.414 e. The Labute approximate surface area is 225 Å². The average molecular weight is 545 g/mol. The first-order valence-corrected chi connectivity index (χ1v) is 12.4. The third-order valence-corrected chi connectivity index (χ3v) is 5.64. The number of aliphatic hydroxyl groups is 1. The van der Waals surface area contributed by atoms with Crippen LogP contribution in [0.2, 0.25) is 0 Å². The first-order valence-electron chi connectivity index (χ1n) is 12.4. The van der Waals surface area contributed by atoms with Crippen molar-refractivity contribution in [3.63, 3.8) is 0 Å². The summed E-state index contributed by atoms with van der Waals surface area (Å²) in [6.45, 7) is 6.27. The summed E-state index contributed by atoms with van der Waals surface area (Å²) < 4.78 is 25.3. The Balaban J connectivity index is 1.58. The standard InChI is InChI=1S/C27H33FN4O7/c1-16(34)29-13-20-14-32(26(37)38-20)19-9-10-21(22(28)11-19)18-7-5-17(6-8-18)12-30-24(35)23(15-33)31-25(36)39-27(2,3)4/h5-11,20,23,33H,12-15H2,1-4H3,(H,29,34)(H,30,35)(H,31,36)/t20-,23+/m0/s1. The molecule has 0 bridgehead atoms. The fraction of sp³-hybridized carbons (Fsp3) is 0.407. The van der Waals surface area contributed by atoms with Gasteiger partial charge in [0.2, 0.25) is 11.8 Å². The van der Waals surface area contributed by atoms with E-state index in [0.717, 1.165) is 0 Å². The van der Waals surface area contributed by atoms with Crippen molar-refractivity contribution in [3.8, 4) is 11.1 Å². The number of amides is 4. The van der Waals surface area contributed by atoms with Crippen LogP contribution in [0.15, 0.2) is 42.5 Å². The third-order valence-electron chi connectivity index (χ3n) is 5.64. The van der Waals surface area contributed by atoms with Crippen molar-refractivity contribution in [1.82, 2.24) is 16.0 Å². The Morgan fingerprint density at radius 1 is 1.15 bits per heavy atom. The van der Waals surface area contributed by atoms with Crippen LogP contribution in [0.3, 0.4) is 0 Å². The fourth-order valence-electron chi connectivity index (χ4n) is 3.76.